The van der Waals surface area contributed by atoms with Crippen molar-refractivity contribution < 1.29 is 15.3 Å². The van der Waals surface area contributed by atoms with Crippen LogP contribution in [0.2, 0.25) is 0 Å². The summed E-state index contributed by atoms with van der Waals surface area (Å²) in [6.07, 6.45) is -0.954. The second-order valence-corrected chi connectivity index (χ2v) is 1.02. The molecule has 0 saturated heterocycles. The molecule has 5 heteroatoms. The number of aliphatic hydroxyl groups excluding tert-OH is 3. The maximum absolute atomic E-state index is 8.17. The summed E-state index contributed by atoms with van der Waals surface area (Å²) in [5.74, 6) is 0. The van der Waals surface area contributed by atoms with E-state index in [4.69, 9.17) is 15.3 Å². The molecule has 0 fully saturated rings. The van der Waals surface area contributed by atoms with Crippen LogP contribution in [0.4, 0.5) is 0 Å². The highest BCUT2D eigenvalue weighted by atomic mass is 31.0. The lowest BCUT2D eigenvalue weighted by atomic mass is 10.4. The third-order valence-corrected chi connectivity index (χ3v) is 0.421. The lowest BCUT2D eigenvalue weighted by molar-refractivity contribution is 0.0450. The Bertz CT molecular complexity index is 31.7. The van der Waals surface area contributed by atoms with Gasteiger partial charge in [0.05, 0.1) is 13.2 Å². The summed E-state index contributed by atoms with van der Waals surface area (Å²) in [4.78, 5) is 0. The Morgan fingerprint density at radius 3 is 1.25 bits per heavy atom. The van der Waals surface area contributed by atoms with Gasteiger partial charge in [-0.15, -0.1) is 0 Å². The van der Waals surface area contributed by atoms with Crippen LogP contribution in [-0.2, 0) is 0 Å². The van der Waals surface area contributed by atoms with Crippen LogP contribution in [0, 0.1) is 0 Å². The smallest absolute Gasteiger partial charge is 0.100 e. The lowest BCUT2D eigenvalue weighted by Crippen LogP contribution is -2.15. The first-order valence-electron chi connectivity index (χ1n) is 1.71. The molecule has 0 aromatic rings. The highest BCUT2D eigenvalue weighted by Gasteiger charge is 1.93. The number of hydrogen-bond acceptors (Lipinski definition) is 3. The summed E-state index contributed by atoms with van der Waals surface area (Å²) in [7, 11) is 0. The molecule has 0 rings (SSSR count). The van der Waals surface area contributed by atoms with Crippen LogP contribution in [0.15, 0.2) is 0 Å². The maximum atomic E-state index is 8.17. The summed E-state index contributed by atoms with van der Waals surface area (Å²) in [5, 5.41) is 24.0. The van der Waals surface area contributed by atoms with Crippen molar-refractivity contribution in [3.8, 4) is 0 Å². The van der Waals surface area contributed by atoms with Crippen LogP contribution in [0.25, 0.3) is 0 Å². The Labute approximate surface area is 55.4 Å². The molecule has 3 N–H and O–H groups in total. The van der Waals surface area contributed by atoms with Gasteiger partial charge in [0.15, 0.2) is 0 Å². The van der Waals surface area contributed by atoms with Crippen molar-refractivity contribution in [1.82, 2.24) is 0 Å². The number of hydrogen-bond donors (Lipinski definition) is 3. The fourth-order valence-electron chi connectivity index (χ4n) is 0.0577. The highest BCUT2D eigenvalue weighted by molar-refractivity contribution is 6.92. The van der Waals surface area contributed by atoms with Crippen molar-refractivity contribution in [2.45, 2.75) is 6.10 Å². The Hall–Kier alpha value is 0.740. The van der Waals surface area contributed by atoms with E-state index in [-0.39, 0.29) is 33.0 Å². The SMILES string of the molecule is OCC(O)CO.[P].[P]. The Morgan fingerprint density at radius 1 is 1.00 bits per heavy atom. The van der Waals surface area contributed by atoms with Gasteiger partial charge in [-0.05, 0) is 0 Å². The quantitative estimate of drug-likeness (QED) is 0.492. The molecule has 0 aliphatic rings. The van der Waals surface area contributed by atoms with Gasteiger partial charge < -0.3 is 15.3 Å². The number of aliphatic hydroxyl groups is 3. The van der Waals surface area contributed by atoms with Crippen molar-refractivity contribution in [2.75, 3.05) is 13.2 Å². The lowest BCUT2D eigenvalue weighted by Gasteiger charge is -1.96. The molecule has 0 unspecified atom stereocenters. The predicted octanol–water partition coefficient (Wildman–Crippen LogP) is 0.0543. The first-order chi connectivity index (χ1) is 2.81. The zero-order valence-corrected chi connectivity index (χ0v) is 6.02. The molecule has 0 aromatic heterocycles. The molecule has 0 aromatic carbocycles. The van der Waals surface area contributed by atoms with Gasteiger partial charge in [0.25, 0.3) is 0 Å². The largest absolute Gasteiger partial charge is 0.394 e. The van der Waals surface area contributed by atoms with E-state index in [1.165, 1.54) is 0 Å². The summed E-state index contributed by atoms with van der Waals surface area (Å²) in [6.45, 7) is -0.729. The molecule has 0 saturated carbocycles. The zero-order valence-electron chi connectivity index (χ0n) is 4.23. The predicted molar refractivity (Wildman–Crippen MR) is 34.0 cm³/mol. The minimum Gasteiger partial charge on any atom is -0.394 e. The standard InChI is InChI=1S/C3H8O3.2P/c4-1-3(6)2-5;;/h3-6H,1-2H2;;. The van der Waals surface area contributed by atoms with E-state index in [9.17, 15) is 0 Å². The van der Waals surface area contributed by atoms with E-state index < -0.39 is 6.10 Å². The van der Waals surface area contributed by atoms with Crippen molar-refractivity contribution in [1.29, 1.82) is 0 Å². The van der Waals surface area contributed by atoms with E-state index in [0.29, 0.717) is 0 Å². The average Bonchev–Trinajstić information content (AvgIpc) is 1.65. The maximum Gasteiger partial charge on any atom is 0.100 e. The van der Waals surface area contributed by atoms with E-state index in [2.05, 4.69) is 0 Å². The third-order valence-electron chi connectivity index (χ3n) is 0.421. The van der Waals surface area contributed by atoms with Crippen LogP contribution in [-0.4, -0.2) is 34.6 Å². The highest BCUT2D eigenvalue weighted by Crippen LogP contribution is 1.71. The summed E-state index contributed by atoms with van der Waals surface area (Å²) in [6, 6.07) is 0. The molecule has 0 heterocycles. The molecule has 0 aliphatic heterocycles. The summed E-state index contributed by atoms with van der Waals surface area (Å²) < 4.78 is 0. The van der Waals surface area contributed by atoms with Gasteiger partial charge in [0.1, 0.15) is 6.10 Å². The minimum atomic E-state index is -0.954. The molecule has 6 radical (unpaired) electrons. The van der Waals surface area contributed by atoms with Gasteiger partial charge >= 0.3 is 0 Å². The molecular formula is C3H8O3P2. The van der Waals surface area contributed by atoms with Gasteiger partial charge in [-0.1, -0.05) is 0 Å². The molecule has 0 atom stereocenters. The topological polar surface area (TPSA) is 60.7 Å². The molecular weight excluding hydrogens is 146 g/mol. The summed E-state index contributed by atoms with van der Waals surface area (Å²) in [5.41, 5.74) is 0. The van der Waals surface area contributed by atoms with Gasteiger partial charge in [-0.3, -0.25) is 0 Å². The van der Waals surface area contributed by atoms with E-state index in [1.807, 2.05) is 0 Å². The Balaban J connectivity index is -0.000000125. The van der Waals surface area contributed by atoms with Crippen molar-refractivity contribution in [2.24, 2.45) is 0 Å². The molecule has 0 amide bonds. The minimum absolute atomic E-state index is 0. The Morgan fingerprint density at radius 2 is 1.25 bits per heavy atom. The monoisotopic (exact) mass is 154 g/mol. The van der Waals surface area contributed by atoms with Gasteiger partial charge in [0, 0.05) is 19.8 Å². The first kappa shape index (κ1) is 15.9. The van der Waals surface area contributed by atoms with E-state index in [0.717, 1.165) is 0 Å². The average molecular weight is 154 g/mol. The van der Waals surface area contributed by atoms with Crippen LogP contribution >= 0.6 is 19.8 Å². The van der Waals surface area contributed by atoms with Crippen LogP contribution in [0.5, 0.6) is 0 Å². The normalized spacial score (nSPS) is 7.50. The third kappa shape index (κ3) is 9.88. The van der Waals surface area contributed by atoms with Crippen LogP contribution < -0.4 is 0 Å². The van der Waals surface area contributed by atoms with Crippen molar-refractivity contribution >= 4 is 19.8 Å². The van der Waals surface area contributed by atoms with Gasteiger partial charge in [0.2, 0.25) is 0 Å². The fraction of sp³-hybridized carbons (Fsp3) is 1.00. The second kappa shape index (κ2) is 10.7. The molecule has 3 nitrogen and oxygen atoms in total. The fourth-order valence-corrected chi connectivity index (χ4v) is 0.0577. The number of rotatable bonds is 2. The van der Waals surface area contributed by atoms with E-state index >= 15 is 0 Å². The molecule has 0 spiro atoms. The molecule has 0 aliphatic carbocycles. The zero-order chi connectivity index (χ0) is 4.99. The van der Waals surface area contributed by atoms with Gasteiger partial charge in [-0.25, -0.2) is 0 Å². The molecule has 0 bridgehead atoms. The Kier molecular flexibility index (Phi) is 21.2. The van der Waals surface area contributed by atoms with Crippen molar-refractivity contribution in [3.63, 3.8) is 0 Å². The van der Waals surface area contributed by atoms with Crippen LogP contribution in [0.3, 0.4) is 0 Å². The second-order valence-electron chi connectivity index (χ2n) is 1.02. The van der Waals surface area contributed by atoms with Crippen LogP contribution in [0.1, 0.15) is 0 Å². The van der Waals surface area contributed by atoms with Gasteiger partial charge in [-0.2, -0.15) is 0 Å². The summed E-state index contributed by atoms with van der Waals surface area (Å²) >= 11 is 0. The van der Waals surface area contributed by atoms with Crippen molar-refractivity contribution in [3.05, 3.63) is 0 Å². The van der Waals surface area contributed by atoms with E-state index in [1.54, 1.807) is 0 Å². The first-order valence-corrected chi connectivity index (χ1v) is 1.71. The molecule has 8 heavy (non-hydrogen) atoms. The molecule has 48 valence electrons.